The molecule has 13 heteroatoms. The third-order valence-electron chi connectivity index (χ3n) is 7.25. The van der Waals surface area contributed by atoms with Crippen molar-refractivity contribution in [1.82, 2.24) is 9.80 Å². The van der Waals surface area contributed by atoms with E-state index in [4.69, 9.17) is 25.7 Å². The molecule has 4 N–H and O–H groups in total. The van der Waals surface area contributed by atoms with E-state index in [1.165, 1.54) is 40.4 Å². The predicted octanol–water partition coefficient (Wildman–Crippen LogP) is 0.559. The van der Waals surface area contributed by atoms with E-state index in [9.17, 15) is 19.2 Å². The normalized spacial score (nSPS) is 33.6. The number of nitrogens with zero attached hydrogens (tertiary/aromatic N) is 2. The maximum absolute atomic E-state index is 13.5. The first-order valence-corrected chi connectivity index (χ1v) is 13.6. The molecule has 5 rings (SSSR count). The Labute approximate surface area is 222 Å². The number of rotatable bonds is 6. The largest absolute Gasteiger partial charge is 0.497 e. The Morgan fingerprint density at radius 1 is 0.838 bits per heavy atom. The van der Waals surface area contributed by atoms with Crippen molar-refractivity contribution in [2.75, 3.05) is 7.11 Å². The Hall–Kier alpha value is -2.48. The summed E-state index contributed by atoms with van der Waals surface area (Å²) < 4.78 is 15.4. The van der Waals surface area contributed by atoms with Gasteiger partial charge in [0.2, 0.25) is 11.8 Å². The van der Waals surface area contributed by atoms with E-state index < -0.39 is 51.9 Å². The molecule has 2 amide bonds. The first kappa shape index (κ1) is 26.1. The number of amides is 2. The number of esters is 2. The number of carbonyl (C=O) groups excluding carboxylic acids is 4. The first-order chi connectivity index (χ1) is 17.3. The summed E-state index contributed by atoms with van der Waals surface area (Å²) >= 11 is 2.87. The van der Waals surface area contributed by atoms with Crippen molar-refractivity contribution in [1.29, 1.82) is 0 Å². The Morgan fingerprint density at radius 3 is 1.62 bits per heavy atom. The smallest absolute Gasteiger partial charge is 0.333 e. The molecule has 4 saturated heterocycles. The van der Waals surface area contributed by atoms with Gasteiger partial charge in [0.1, 0.15) is 40.7 Å². The lowest BCUT2D eigenvalue weighted by molar-refractivity contribution is -0.201. The highest BCUT2D eigenvalue weighted by Crippen LogP contribution is 2.52. The summed E-state index contributed by atoms with van der Waals surface area (Å²) in [6, 6.07) is 3.37. The molecular weight excluding hydrogens is 520 g/mol. The minimum absolute atomic E-state index is 0.322. The Balaban J connectivity index is 1.41. The molecule has 11 nitrogen and oxygen atoms in total. The molecule has 4 aliphatic rings. The quantitative estimate of drug-likeness (QED) is 0.290. The predicted molar refractivity (Wildman–Crippen MR) is 136 cm³/mol. The van der Waals surface area contributed by atoms with Crippen molar-refractivity contribution < 1.29 is 33.4 Å². The van der Waals surface area contributed by atoms with Gasteiger partial charge in [-0.3, -0.25) is 9.59 Å². The molecule has 0 spiro atoms. The minimum atomic E-state index is -1.42. The van der Waals surface area contributed by atoms with Gasteiger partial charge in [-0.1, -0.05) is 0 Å². The molecule has 0 saturated carbocycles. The minimum Gasteiger partial charge on any atom is -0.497 e. The van der Waals surface area contributed by atoms with Crippen molar-refractivity contribution >= 4 is 47.3 Å². The number of hydrogen-bond donors (Lipinski definition) is 2. The molecule has 6 atom stereocenters. The van der Waals surface area contributed by atoms with Gasteiger partial charge < -0.3 is 35.5 Å². The van der Waals surface area contributed by atoms with Crippen LogP contribution in [0.5, 0.6) is 5.75 Å². The number of nitrogens with two attached hydrogens (primary N) is 2. The van der Waals surface area contributed by atoms with Gasteiger partial charge in [0.15, 0.2) is 0 Å². The molecule has 200 valence electrons. The van der Waals surface area contributed by atoms with Crippen LogP contribution in [0, 0.1) is 0 Å². The van der Waals surface area contributed by atoms with Crippen molar-refractivity contribution in [3.63, 3.8) is 0 Å². The fourth-order valence-electron chi connectivity index (χ4n) is 5.31. The number of benzene rings is 1. The lowest BCUT2D eigenvalue weighted by Crippen LogP contribution is -2.69. The molecule has 0 bridgehead atoms. The molecule has 1 aromatic carbocycles. The van der Waals surface area contributed by atoms with Crippen molar-refractivity contribution in [3.8, 4) is 5.75 Å². The van der Waals surface area contributed by atoms with Crippen LogP contribution in [-0.4, -0.2) is 85.1 Å². The summed E-state index contributed by atoms with van der Waals surface area (Å²) in [5, 5.41) is -0.645. The number of fused-ring (bicyclic) bond motifs is 2. The molecular formula is C24H30N4O7S2. The standard InChI is InChI=1S/C24H30N4O7S2/c1-23(2)14(27-16(29)12(25)18(27)36-23)20(31)34-22(10-6-8-11(33-5)9-7-10)35-21(32)15-24(3,4)37-19-13(26)17(30)28(15)19/h6-9,12-15,18-19,22H,25-26H2,1-5H3/t12?,13?,14-,15-,18+,19+,22?/m0/s1. The zero-order chi connectivity index (χ0) is 27.0. The van der Waals surface area contributed by atoms with Crippen LogP contribution in [0.4, 0.5) is 0 Å². The monoisotopic (exact) mass is 550 g/mol. The number of methoxy groups -OCH3 is 1. The highest BCUT2D eigenvalue weighted by Gasteiger charge is 2.65. The summed E-state index contributed by atoms with van der Waals surface area (Å²) in [5.41, 5.74) is 12.3. The maximum atomic E-state index is 13.5. The summed E-state index contributed by atoms with van der Waals surface area (Å²) in [6.07, 6.45) is -1.42. The van der Waals surface area contributed by atoms with E-state index in [0.717, 1.165) is 0 Å². The third-order valence-corrected chi connectivity index (χ3v) is 10.4. The van der Waals surface area contributed by atoms with Crippen LogP contribution in [0.15, 0.2) is 24.3 Å². The van der Waals surface area contributed by atoms with E-state index in [0.29, 0.717) is 11.3 Å². The van der Waals surface area contributed by atoms with Crippen LogP contribution in [0.25, 0.3) is 0 Å². The van der Waals surface area contributed by atoms with Crippen LogP contribution >= 0.6 is 23.5 Å². The first-order valence-electron chi connectivity index (χ1n) is 11.8. The molecule has 4 heterocycles. The fourth-order valence-corrected chi connectivity index (χ4v) is 8.43. The molecule has 37 heavy (non-hydrogen) atoms. The topological polar surface area (TPSA) is 154 Å². The van der Waals surface area contributed by atoms with Gasteiger partial charge in [-0.15, -0.1) is 23.5 Å². The summed E-state index contributed by atoms with van der Waals surface area (Å²) in [4.78, 5) is 54.8. The average Bonchev–Trinajstić information content (AvgIpc) is 3.28. The lowest BCUT2D eigenvalue weighted by Gasteiger charge is -2.42. The van der Waals surface area contributed by atoms with Crippen LogP contribution in [0.3, 0.4) is 0 Å². The SMILES string of the molecule is COc1ccc(C(OC(=O)[C@@H]2N3C(=O)C(N)[C@H]3SC2(C)C)OC(=O)[C@@H]2N3C(=O)C(N)[C@H]3SC2(C)C)cc1. The Kier molecular flexibility index (Phi) is 6.21. The second-order valence-electron chi connectivity index (χ2n) is 10.6. The third kappa shape index (κ3) is 3.98. The Bertz CT molecular complexity index is 1090. The van der Waals surface area contributed by atoms with Gasteiger partial charge >= 0.3 is 11.9 Å². The zero-order valence-electron chi connectivity index (χ0n) is 21.1. The average molecular weight is 551 g/mol. The highest BCUT2D eigenvalue weighted by atomic mass is 32.2. The molecule has 0 radical (unpaired) electrons. The van der Waals surface area contributed by atoms with Crippen molar-refractivity contribution in [2.24, 2.45) is 11.5 Å². The highest BCUT2D eigenvalue weighted by molar-refractivity contribution is 8.02. The van der Waals surface area contributed by atoms with Gasteiger partial charge in [-0.2, -0.15) is 0 Å². The number of β-lactam (4-membered cyclic amide) rings is 2. The second-order valence-corrected chi connectivity index (χ2v) is 14.1. The molecule has 1 aromatic rings. The number of carbonyl (C=O) groups is 4. The number of thioether (sulfide) groups is 2. The van der Waals surface area contributed by atoms with Crippen LogP contribution in [0.1, 0.15) is 39.5 Å². The van der Waals surface area contributed by atoms with Gasteiger partial charge in [-0.05, 0) is 52.0 Å². The fraction of sp³-hybridized carbons (Fsp3) is 0.583. The van der Waals surface area contributed by atoms with E-state index in [1.54, 1.807) is 24.3 Å². The summed E-state index contributed by atoms with van der Waals surface area (Å²) in [7, 11) is 1.52. The molecule has 4 aliphatic heterocycles. The lowest BCUT2D eigenvalue weighted by atomic mass is 9.96. The zero-order valence-corrected chi connectivity index (χ0v) is 22.7. The summed E-state index contributed by atoms with van der Waals surface area (Å²) in [6.45, 7) is 7.36. The van der Waals surface area contributed by atoms with E-state index in [1.807, 2.05) is 27.7 Å². The maximum Gasteiger partial charge on any atom is 0.333 e. The number of hydrogen-bond acceptors (Lipinski definition) is 11. The van der Waals surface area contributed by atoms with Crippen LogP contribution in [-0.2, 0) is 28.7 Å². The van der Waals surface area contributed by atoms with Crippen LogP contribution in [0.2, 0.25) is 0 Å². The Morgan fingerprint density at radius 2 is 1.24 bits per heavy atom. The van der Waals surface area contributed by atoms with E-state index >= 15 is 0 Å². The van der Waals surface area contributed by atoms with E-state index in [-0.39, 0.29) is 22.6 Å². The molecule has 0 aliphatic carbocycles. The van der Waals surface area contributed by atoms with Gasteiger partial charge in [-0.25, -0.2) is 9.59 Å². The molecule has 4 fully saturated rings. The summed E-state index contributed by atoms with van der Waals surface area (Å²) in [5.74, 6) is -1.52. The van der Waals surface area contributed by atoms with Gasteiger partial charge in [0, 0.05) is 15.1 Å². The van der Waals surface area contributed by atoms with Gasteiger partial charge in [0.25, 0.3) is 6.29 Å². The van der Waals surface area contributed by atoms with Crippen LogP contribution < -0.4 is 16.2 Å². The number of ether oxygens (including phenoxy) is 3. The van der Waals surface area contributed by atoms with Crippen molar-refractivity contribution in [2.45, 2.75) is 78.4 Å². The van der Waals surface area contributed by atoms with Gasteiger partial charge in [0.05, 0.1) is 7.11 Å². The van der Waals surface area contributed by atoms with E-state index in [2.05, 4.69) is 0 Å². The van der Waals surface area contributed by atoms with Crippen molar-refractivity contribution in [3.05, 3.63) is 29.8 Å². The second kappa shape index (κ2) is 8.79. The molecule has 2 unspecified atom stereocenters. The molecule has 0 aromatic heterocycles.